The molecule has 3 aliphatic rings. The highest BCUT2D eigenvalue weighted by atomic mass is 16.3. The van der Waals surface area contributed by atoms with E-state index in [4.69, 9.17) is 11.5 Å². The molecule has 9 nitrogen and oxygen atoms in total. The largest absolute Gasteiger partial charge is 0.508 e. The lowest BCUT2D eigenvalue weighted by Crippen LogP contribution is -2.58. The molecule has 0 aliphatic heterocycles. The molecule has 0 aromatic heterocycles. The van der Waals surface area contributed by atoms with Crippen molar-refractivity contribution in [3.8, 4) is 5.75 Å². The number of nitrogens with two attached hydrogens (primary N) is 2. The highest BCUT2D eigenvalue weighted by Crippen LogP contribution is 2.52. The van der Waals surface area contributed by atoms with Crippen LogP contribution in [0.15, 0.2) is 23.0 Å². The zero-order valence-corrected chi connectivity index (χ0v) is 18.4. The standard InChI is InChI=1S/C24H28N2O7/c1-2-3-4-10-5-12(9-25)19(28)17-14(10)7-11-6-13-8-15(27)18(23(26)32)22(31)24(13,33)21(30)16(11)20(17)29/h5,11,13,28-29,31,33H,2-4,6-9,25H2,1H3,(H2,26,32)/t11?,13?,24-/m0/s1. The lowest BCUT2D eigenvalue weighted by molar-refractivity contribution is -0.147. The topological polar surface area (TPSA) is 184 Å². The number of aryl methyl sites for hydroxylation is 1. The number of hydrogen-bond acceptors (Lipinski definition) is 8. The number of primary amides is 1. The number of unbranched alkanes of at least 4 members (excludes halogenated alkanes) is 1. The number of amides is 1. The van der Waals surface area contributed by atoms with E-state index in [-0.39, 0.29) is 36.3 Å². The average Bonchev–Trinajstić information content (AvgIpc) is 2.75. The Kier molecular flexibility index (Phi) is 5.58. The van der Waals surface area contributed by atoms with Crippen molar-refractivity contribution in [1.29, 1.82) is 0 Å². The molecule has 1 aromatic rings. The molecule has 0 spiro atoms. The van der Waals surface area contributed by atoms with Gasteiger partial charge in [-0.2, -0.15) is 0 Å². The maximum Gasteiger partial charge on any atom is 0.255 e. The van der Waals surface area contributed by atoms with Crippen molar-refractivity contribution in [1.82, 2.24) is 0 Å². The van der Waals surface area contributed by atoms with Crippen molar-refractivity contribution in [2.45, 2.75) is 57.6 Å². The van der Waals surface area contributed by atoms with Crippen LogP contribution in [0.25, 0.3) is 5.76 Å². The number of Topliss-reactive ketones (excluding diaryl/α,β-unsaturated/α-hetero) is 2. The molecule has 1 fully saturated rings. The fourth-order valence-electron chi connectivity index (χ4n) is 5.57. The van der Waals surface area contributed by atoms with Crippen LogP contribution >= 0.6 is 0 Å². The lowest BCUT2D eigenvalue weighted by Gasteiger charge is -2.46. The second-order valence-electron chi connectivity index (χ2n) is 9.11. The molecule has 0 heterocycles. The third-order valence-electron chi connectivity index (χ3n) is 7.25. The van der Waals surface area contributed by atoms with Crippen LogP contribution < -0.4 is 11.5 Å². The zero-order chi connectivity index (χ0) is 24.2. The van der Waals surface area contributed by atoms with Gasteiger partial charge in [0.1, 0.15) is 22.8 Å². The molecule has 1 aromatic carbocycles. The number of benzene rings is 1. The number of rotatable bonds is 5. The third-order valence-corrected chi connectivity index (χ3v) is 7.25. The molecule has 8 N–H and O–H groups in total. The van der Waals surface area contributed by atoms with Crippen molar-refractivity contribution in [2.24, 2.45) is 23.3 Å². The molecule has 176 valence electrons. The fraction of sp³-hybridized carbons (Fsp3) is 0.458. The summed E-state index contributed by atoms with van der Waals surface area (Å²) >= 11 is 0. The van der Waals surface area contributed by atoms with Gasteiger partial charge in [0.15, 0.2) is 11.4 Å². The predicted octanol–water partition coefficient (Wildman–Crippen LogP) is 1.23. The summed E-state index contributed by atoms with van der Waals surface area (Å²) in [5, 5.41) is 43.9. The van der Waals surface area contributed by atoms with Gasteiger partial charge in [-0.05, 0) is 42.7 Å². The van der Waals surface area contributed by atoms with Gasteiger partial charge in [-0.1, -0.05) is 19.4 Å². The highest BCUT2D eigenvalue weighted by molar-refractivity contribution is 6.22. The molecule has 3 aliphatic carbocycles. The Hall–Kier alpha value is -3.17. The van der Waals surface area contributed by atoms with E-state index in [1.807, 2.05) is 13.0 Å². The number of fused-ring (bicyclic) bond motifs is 3. The van der Waals surface area contributed by atoms with Gasteiger partial charge in [0, 0.05) is 30.0 Å². The Morgan fingerprint density at radius 1 is 1.18 bits per heavy atom. The van der Waals surface area contributed by atoms with Gasteiger partial charge in [0.2, 0.25) is 5.78 Å². The lowest BCUT2D eigenvalue weighted by atomic mass is 9.59. The molecule has 1 amide bonds. The van der Waals surface area contributed by atoms with E-state index < -0.39 is 52.0 Å². The molecule has 0 radical (unpaired) electrons. The summed E-state index contributed by atoms with van der Waals surface area (Å²) in [6.45, 7) is 2.07. The van der Waals surface area contributed by atoms with Crippen molar-refractivity contribution >= 4 is 23.2 Å². The van der Waals surface area contributed by atoms with Crippen molar-refractivity contribution in [3.63, 3.8) is 0 Å². The average molecular weight is 456 g/mol. The number of phenolic OH excluding ortho intramolecular Hbond substituents is 1. The summed E-state index contributed by atoms with van der Waals surface area (Å²) in [7, 11) is 0. The number of carbonyl (C=O) groups is 3. The number of carbonyl (C=O) groups excluding carboxylic acids is 3. The number of aliphatic hydroxyl groups excluding tert-OH is 2. The molecule has 9 heteroatoms. The Morgan fingerprint density at radius 3 is 2.48 bits per heavy atom. The smallest absolute Gasteiger partial charge is 0.255 e. The summed E-state index contributed by atoms with van der Waals surface area (Å²) in [5.74, 6) is -6.25. The molecule has 0 saturated heterocycles. The highest BCUT2D eigenvalue weighted by Gasteiger charge is 2.60. The number of aliphatic hydroxyl groups is 3. The summed E-state index contributed by atoms with van der Waals surface area (Å²) in [6.07, 6.45) is 2.62. The molecule has 3 atom stereocenters. The third kappa shape index (κ3) is 3.18. The number of hydrogen-bond donors (Lipinski definition) is 6. The molecule has 2 unspecified atom stereocenters. The molecule has 33 heavy (non-hydrogen) atoms. The van der Waals surface area contributed by atoms with Gasteiger partial charge in [0.25, 0.3) is 5.91 Å². The van der Waals surface area contributed by atoms with Crippen LogP contribution in [-0.2, 0) is 33.8 Å². The quantitative estimate of drug-likeness (QED) is 0.357. The minimum Gasteiger partial charge on any atom is -0.508 e. The monoisotopic (exact) mass is 456 g/mol. The van der Waals surface area contributed by atoms with Crippen LogP contribution in [0, 0.1) is 11.8 Å². The van der Waals surface area contributed by atoms with Gasteiger partial charge in [-0.25, -0.2) is 0 Å². The molecule has 4 rings (SSSR count). The fourth-order valence-corrected chi connectivity index (χ4v) is 5.57. The van der Waals surface area contributed by atoms with Crippen LogP contribution in [0.3, 0.4) is 0 Å². The summed E-state index contributed by atoms with van der Waals surface area (Å²) < 4.78 is 0. The van der Waals surface area contributed by atoms with E-state index in [1.165, 1.54) is 0 Å². The van der Waals surface area contributed by atoms with Crippen molar-refractivity contribution < 1.29 is 34.8 Å². The first-order chi connectivity index (χ1) is 15.6. The molecular weight excluding hydrogens is 428 g/mol. The van der Waals surface area contributed by atoms with Crippen molar-refractivity contribution in [2.75, 3.05) is 0 Å². The Balaban J connectivity index is 1.93. The van der Waals surface area contributed by atoms with Crippen molar-refractivity contribution in [3.05, 3.63) is 45.2 Å². The number of aromatic hydroxyl groups is 1. The van der Waals surface area contributed by atoms with Crippen LogP contribution in [0.4, 0.5) is 0 Å². The second-order valence-corrected chi connectivity index (χ2v) is 9.11. The number of ketones is 2. The summed E-state index contributed by atoms with van der Waals surface area (Å²) in [4.78, 5) is 37.6. The van der Waals surface area contributed by atoms with E-state index in [9.17, 15) is 34.8 Å². The van der Waals surface area contributed by atoms with Crippen LogP contribution in [0.1, 0.15) is 54.9 Å². The molecule has 0 bridgehead atoms. The van der Waals surface area contributed by atoms with E-state index in [2.05, 4.69) is 0 Å². The number of phenols is 1. The van der Waals surface area contributed by atoms with Crippen LogP contribution in [0.5, 0.6) is 5.75 Å². The van der Waals surface area contributed by atoms with Crippen LogP contribution in [-0.4, -0.2) is 43.5 Å². The Morgan fingerprint density at radius 2 is 1.88 bits per heavy atom. The van der Waals surface area contributed by atoms with Gasteiger partial charge < -0.3 is 31.9 Å². The predicted molar refractivity (Wildman–Crippen MR) is 118 cm³/mol. The molecule has 1 saturated carbocycles. The normalized spacial score (nSPS) is 26.8. The maximum absolute atomic E-state index is 13.5. The second kappa shape index (κ2) is 8.00. The SMILES string of the molecule is CCCCc1cc(CN)c(O)c2c1CC1CC3CC(=O)C(C(N)=O)=C(O)[C@@]3(O)C(=O)C1=C2O. The van der Waals surface area contributed by atoms with E-state index >= 15 is 0 Å². The Bertz CT molecular complexity index is 1150. The zero-order valence-electron chi connectivity index (χ0n) is 18.4. The van der Waals surface area contributed by atoms with Gasteiger partial charge in [-0.15, -0.1) is 0 Å². The summed E-state index contributed by atoms with van der Waals surface area (Å²) in [5.41, 5.74) is 9.65. The summed E-state index contributed by atoms with van der Waals surface area (Å²) in [6, 6.07) is 1.82. The first-order valence-electron chi connectivity index (χ1n) is 11.1. The van der Waals surface area contributed by atoms with Gasteiger partial charge in [-0.3, -0.25) is 14.4 Å². The first kappa shape index (κ1) is 23.0. The van der Waals surface area contributed by atoms with Crippen LogP contribution in [0.2, 0.25) is 0 Å². The first-order valence-corrected chi connectivity index (χ1v) is 11.1. The van der Waals surface area contributed by atoms with Gasteiger partial charge in [0.05, 0.1) is 5.56 Å². The van der Waals surface area contributed by atoms with E-state index in [1.54, 1.807) is 0 Å². The van der Waals surface area contributed by atoms with Gasteiger partial charge >= 0.3 is 0 Å². The molecular formula is C24H28N2O7. The minimum atomic E-state index is -2.55. The Labute approximate surface area is 190 Å². The van der Waals surface area contributed by atoms with E-state index in [0.29, 0.717) is 24.0 Å². The maximum atomic E-state index is 13.5. The minimum absolute atomic E-state index is 0.0256. The van der Waals surface area contributed by atoms with E-state index in [0.717, 1.165) is 18.4 Å².